The van der Waals surface area contributed by atoms with E-state index in [1.807, 2.05) is 20.2 Å². The molecule has 0 heterocycles. The minimum absolute atomic E-state index is 0.210. The Kier molecular flexibility index (Phi) is 7.51. The fourth-order valence-corrected chi connectivity index (χ4v) is 3.82. The number of para-hydroxylation sites is 1. The van der Waals surface area contributed by atoms with Crippen molar-refractivity contribution in [2.45, 2.75) is 39.5 Å². The Bertz CT molecular complexity index is 644. The van der Waals surface area contributed by atoms with Gasteiger partial charge in [-0.2, -0.15) is 0 Å². The highest BCUT2D eigenvalue weighted by atomic mass is 16.5. The molecule has 0 bridgehead atoms. The lowest BCUT2D eigenvalue weighted by Gasteiger charge is -2.31. The fraction of sp³-hybridized carbons (Fsp3) is 0.619. The molecule has 2 rings (SSSR count). The predicted molar refractivity (Wildman–Crippen MR) is 110 cm³/mol. The van der Waals surface area contributed by atoms with Crippen LogP contribution in [0.15, 0.2) is 23.2 Å². The van der Waals surface area contributed by atoms with Gasteiger partial charge in [0.2, 0.25) is 5.91 Å². The van der Waals surface area contributed by atoms with E-state index in [4.69, 9.17) is 4.74 Å². The van der Waals surface area contributed by atoms with Crippen molar-refractivity contribution in [1.82, 2.24) is 15.5 Å². The average Bonchev–Trinajstić information content (AvgIpc) is 3.12. The molecule has 0 atom stereocenters. The molecule has 1 aliphatic carbocycles. The molecule has 6 nitrogen and oxygen atoms in total. The molecule has 1 saturated carbocycles. The second-order valence-electron chi connectivity index (χ2n) is 7.61. The largest absolute Gasteiger partial charge is 0.491 e. The smallest absolute Gasteiger partial charge is 0.230 e. The average molecular weight is 375 g/mol. The van der Waals surface area contributed by atoms with Crippen LogP contribution in [0.3, 0.4) is 0 Å². The number of rotatable bonds is 7. The third-order valence-electron chi connectivity index (χ3n) is 5.29. The zero-order valence-corrected chi connectivity index (χ0v) is 17.4. The monoisotopic (exact) mass is 374 g/mol. The maximum absolute atomic E-state index is 12.7. The second-order valence-corrected chi connectivity index (χ2v) is 7.61. The maximum atomic E-state index is 12.7. The summed E-state index contributed by atoms with van der Waals surface area (Å²) in [5.41, 5.74) is 1.97. The highest BCUT2D eigenvalue weighted by molar-refractivity contribution is 5.85. The number of nitrogens with zero attached hydrogens (tertiary/aromatic N) is 2. The number of carbonyl (C=O) groups excluding carboxylic acids is 1. The van der Waals surface area contributed by atoms with Crippen molar-refractivity contribution in [2.24, 2.45) is 10.4 Å². The van der Waals surface area contributed by atoms with Gasteiger partial charge in [-0.25, -0.2) is 0 Å². The number of aryl methyl sites for hydroxylation is 2. The fourth-order valence-electron chi connectivity index (χ4n) is 3.82. The molecule has 0 spiro atoms. The Hall–Kier alpha value is -2.24. The van der Waals surface area contributed by atoms with Crippen molar-refractivity contribution >= 4 is 11.9 Å². The van der Waals surface area contributed by atoms with Gasteiger partial charge in [-0.1, -0.05) is 31.0 Å². The van der Waals surface area contributed by atoms with Gasteiger partial charge in [0.05, 0.1) is 12.0 Å². The molecule has 1 aliphatic rings. The number of nitrogens with one attached hydrogen (secondary N) is 2. The van der Waals surface area contributed by atoms with E-state index in [-0.39, 0.29) is 11.3 Å². The summed E-state index contributed by atoms with van der Waals surface area (Å²) in [6, 6.07) is 6.15. The first-order valence-electron chi connectivity index (χ1n) is 9.75. The molecule has 1 aromatic carbocycles. The maximum Gasteiger partial charge on any atom is 0.230 e. The van der Waals surface area contributed by atoms with Gasteiger partial charge >= 0.3 is 0 Å². The normalized spacial score (nSPS) is 16.1. The first kappa shape index (κ1) is 21.1. The number of hydrogen-bond donors (Lipinski definition) is 2. The second kappa shape index (κ2) is 9.62. The lowest BCUT2D eigenvalue weighted by Crippen LogP contribution is -2.49. The van der Waals surface area contributed by atoms with Gasteiger partial charge < -0.3 is 20.3 Å². The first-order chi connectivity index (χ1) is 12.9. The van der Waals surface area contributed by atoms with Gasteiger partial charge in [0.25, 0.3) is 0 Å². The van der Waals surface area contributed by atoms with Crippen LogP contribution >= 0.6 is 0 Å². The van der Waals surface area contributed by atoms with E-state index in [0.29, 0.717) is 25.7 Å². The molecule has 150 valence electrons. The van der Waals surface area contributed by atoms with E-state index >= 15 is 0 Å². The SMILES string of the molecule is CN=C(NCCOc1c(C)cccc1C)NCC1(C(=O)N(C)C)CCCC1. The molecule has 0 unspecified atom stereocenters. The van der Waals surface area contributed by atoms with E-state index in [2.05, 4.69) is 41.6 Å². The Labute approximate surface area is 163 Å². The highest BCUT2D eigenvalue weighted by Gasteiger charge is 2.42. The van der Waals surface area contributed by atoms with Crippen LogP contribution in [0.5, 0.6) is 5.75 Å². The van der Waals surface area contributed by atoms with Crippen LogP contribution in [-0.2, 0) is 4.79 Å². The van der Waals surface area contributed by atoms with Gasteiger partial charge in [-0.05, 0) is 37.8 Å². The van der Waals surface area contributed by atoms with Crippen LogP contribution in [0.1, 0.15) is 36.8 Å². The summed E-state index contributed by atoms with van der Waals surface area (Å²) in [7, 11) is 5.41. The third-order valence-corrected chi connectivity index (χ3v) is 5.29. The summed E-state index contributed by atoms with van der Waals surface area (Å²) in [4.78, 5) is 18.6. The van der Waals surface area contributed by atoms with Crippen molar-refractivity contribution in [1.29, 1.82) is 0 Å². The Morgan fingerprint density at radius 1 is 1.19 bits per heavy atom. The van der Waals surface area contributed by atoms with Gasteiger partial charge in [0, 0.05) is 27.7 Å². The summed E-state index contributed by atoms with van der Waals surface area (Å²) in [6.07, 6.45) is 4.08. The van der Waals surface area contributed by atoms with Gasteiger partial charge in [-0.15, -0.1) is 0 Å². The number of benzene rings is 1. The molecule has 0 aromatic heterocycles. The van der Waals surface area contributed by atoms with Crippen molar-refractivity contribution < 1.29 is 9.53 Å². The molecule has 2 N–H and O–H groups in total. The zero-order valence-electron chi connectivity index (χ0n) is 17.4. The van der Waals surface area contributed by atoms with Crippen LogP contribution in [-0.4, -0.2) is 57.6 Å². The quantitative estimate of drug-likeness (QED) is 0.437. The highest BCUT2D eigenvalue weighted by Crippen LogP contribution is 2.38. The van der Waals surface area contributed by atoms with E-state index in [1.54, 1.807) is 11.9 Å². The third kappa shape index (κ3) is 5.37. The molecular weight excluding hydrogens is 340 g/mol. The number of ether oxygens (including phenoxy) is 1. The van der Waals surface area contributed by atoms with Crippen molar-refractivity contribution in [2.75, 3.05) is 40.8 Å². The summed E-state index contributed by atoms with van der Waals surface area (Å²) < 4.78 is 5.92. The number of aliphatic imine (C=N–C) groups is 1. The Morgan fingerprint density at radius 3 is 2.37 bits per heavy atom. The minimum Gasteiger partial charge on any atom is -0.491 e. The molecular formula is C21H34N4O2. The van der Waals surface area contributed by atoms with E-state index in [1.165, 1.54) is 0 Å². The summed E-state index contributed by atoms with van der Waals surface area (Å²) in [5, 5.41) is 6.62. The van der Waals surface area contributed by atoms with Crippen LogP contribution in [0.4, 0.5) is 0 Å². The zero-order chi connectivity index (χ0) is 19.9. The molecule has 0 radical (unpaired) electrons. The minimum atomic E-state index is -0.310. The number of amides is 1. The molecule has 0 aliphatic heterocycles. The van der Waals surface area contributed by atoms with E-state index < -0.39 is 0 Å². The van der Waals surface area contributed by atoms with E-state index in [0.717, 1.165) is 42.6 Å². The molecule has 1 amide bonds. The van der Waals surface area contributed by atoms with Crippen molar-refractivity contribution in [3.63, 3.8) is 0 Å². The molecule has 1 aromatic rings. The Balaban J connectivity index is 1.83. The summed E-state index contributed by atoms with van der Waals surface area (Å²) >= 11 is 0. The standard InChI is InChI=1S/C21H34N4O2/c1-16-9-8-10-17(2)18(16)27-14-13-23-20(22-3)24-15-21(11-6-7-12-21)19(26)25(4)5/h8-10H,6-7,11-15H2,1-5H3,(H2,22,23,24). The first-order valence-corrected chi connectivity index (χ1v) is 9.75. The van der Waals surface area contributed by atoms with Gasteiger partial charge in [0.15, 0.2) is 5.96 Å². The van der Waals surface area contributed by atoms with Crippen molar-refractivity contribution in [3.05, 3.63) is 29.3 Å². The van der Waals surface area contributed by atoms with Crippen LogP contribution < -0.4 is 15.4 Å². The molecule has 0 saturated heterocycles. The van der Waals surface area contributed by atoms with Crippen LogP contribution in [0, 0.1) is 19.3 Å². The number of carbonyl (C=O) groups is 1. The summed E-state index contributed by atoms with van der Waals surface area (Å²) in [6.45, 7) is 5.91. The summed E-state index contributed by atoms with van der Waals surface area (Å²) in [5.74, 6) is 1.86. The molecule has 27 heavy (non-hydrogen) atoms. The van der Waals surface area contributed by atoms with E-state index in [9.17, 15) is 4.79 Å². The number of hydrogen-bond acceptors (Lipinski definition) is 3. The van der Waals surface area contributed by atoms with Crippen LogP contribution in [0.25, 0.3) is 0 Å². The van der Waals surface area contributed by atoms with Gasteiger partial charge in [-0.3, -0.25) is 9.79 Å². The molecule has 1 fully saturated rings. The molecule has 6 heteroatoms. The van der Waals surface area contributed by atoms with Crippen LogP contribution in [0.2, 0.25) is 0 Å². The number of guanidine groups is 1. The van der Waals surface area contributed by atoms with Crippen molar-refractivity contribution in [3.8, 4) is 5.75 Å². The lowest BCUT2D eigenvalue weighted by molar-refractivity contribution is -0.138. The van der Waals surface area contributed by atoms with Gasteiger partial charge in [0.1, 0.15) is 12.4 Å². The Morgan fingerprint density at radius 2 is 1.81 bits per heavy atom. The lowest BCUT2D eigenvalue weighted by atomic mass is 9.84. The topological polar surface area (TPSA) is 66.0 Å². The predicted octanol–water partition coefficient (Wildman–Crippen LogP) is 2.50.